The molecule has 0 fully saturated rings. The number of halogens is 2. The van der Waals surface area contributed by atoms with Crippen molar-refractivity contribution in [1.29, 1.82) is 0 Å². The summed E-state index contributed by atoms with van der Waals surface area (Å²) in [5.74, 6) is -0.323. The first-order valence-corrected chi connectivity index (χ1v) is 5.72. The van der Waals surface area contributed by atoms with Crippen LogP contribution in [0.15, 0.2) is 18.2 Å². The Kier molecular flexibility index (Phi) is 4.35. The largest absolute Gasteiger partial charge is 0.327 e. The normalized spacial score (nSPS) is 12.9. The zero-order valence-corrected chi connectivity index (χ0v) is 8.78. The summed E-state index contributed by atoms with van der Waals surface area (Å²) in [4.78, 5) is 0. The van der Waals surface area contributed by atoms with Gasteiger partial charge in [0.05, 0.1) is 0 Å². The third-order valence-electron chi connectivity index (χ3n) is 1.91. The Morgan fingerprint density at radius 1 is 1.36 bits per heavy atom. The Hall–Kier alpha value is -0.610. The fraction of sp³-hybridized carbons (Fsp3) is 0.400. The Bertz CT molecular complexity index is 284. The molecular formula is C10H13F2NS. The molecule has 1 aromatic rings. The standard InChI is InChI=1S/C10H13F2NS/c1-14-6-7(13)5-8-9(11)3-2-4-10(8)12/h2-4,7H,5-6,13H2,1H3. The van der Waals surface area contributed by atoms with E-state index in [1.165, 1.54) is 18.2 Å². The molecule has 0 aliphatic carbocycles. The van der Waals surface area contributed by atoms with E-state index in [2.05, 4.69) is 0 Å². The van der Waals surface area contributed by atoms with Crippen LogP contribution < -0.4 is 5.73 Å². The van der Waals surface area contributed by atoms with Crippen LogP contribution in [0.3, 0.4) is 0 Å². The maximum atomic E-state index is 13.1. The lowest BCUT2D eigenvalue weighted by Gasteiger charge is -2.11. The number of thioether (sulfide) groups is 1. The molecule has 1 aromatic carbocycles. The lowest BCUT2D eigenvalue weighted by atomic mass is 10.1. The fourth-order valence-corrected chi connectivity index (χ4v) is 1.81. The molecular weight excluding hydrogens is 204 g/mol. The molecule has 1 nitrogen and oxygen atoms in total. The van der Waals surface area contributed by atoms with Gasteiger partial charge in [0.1, 0.15) is 11.6 Å². The molecule has 0 amide bonds. The molecule has 0 radical (unpaired) electrons. The van der Waals surface area contributed by atoms with Gasteiger partial charge in [0, 0.05) is 17.4 Å². The third-order valence-corrected chi connectivity index (χ3v) is 2.67. The average molecular weight is 217 g/mol. The molecule has 1 unspecified atom stereocenters. The van der Waals surface area contributed by atoms with Gasteiger partial charge in [-0.3, -0.25) is 0 Å². The summed E-state index contributed by atoms with van der Waals surface area (Å²) in [6.07, 6.45) is 2.16. The molecule has 2 N–H and O–H groups in total. The summed E-state index contributed by atoms with van der Waals surface area (Å²) in [6.45, 7) is 0. The number of benzene rings is 1. The van der Waals surface area contributed by atoms with Crippen LogP contribution >= 0.6 is 11.8 Å². The van der Waals surface area contributed by atoms with Gasteiger partial charge >= 0.3 is 0 Å². The first kappa shape index (κ1) is 11.5. The van der Waals surface area contributed by atoms with E-state index < -0.39 is 11.6 Å². The molecule has 4 heteroatoms. The van der Waals surface area contributed by atoms with Crippen molar-refractivity contribution < 1.29 is 8.78 Å². The summed E-state index contributed by atoms with van der Waals surface area (Å²) >= 11 is 1.57. The first-order chi connectivity index (χ1) is 6.65. The second-order valence-corrected chi connectivity index (χ2v) is 4.03. The van der Waals surface area contributed by atoms with Gasteiger partial charge in [-0.25, -0.2) is 8.78 Å². The van der Waals surface area contributed by atoms with Crippen molar-refractivity contribution in [2.24, 2.45) is 5.73 Å². The Balaban J connectivity index is 2.75. The van der Waals surface area contributed by atoms with E-state index in [1.807, 2.05) is 6.26 Å². The van der Waals surface area contributed by atoms with Gasteiger partial charge in [0.2, 0.25) is 0 Å². The van der Waals surface area contributed by atoms with Gasteiger partial charge in [-0.15, -0.1) is 0 Å². The average Bonchev–Trinajstić information content (AvgIpc) is 2.12. The Morgan fingerprint density at radius 3 is 2.43 bits per heavy atom. The zero-order valence-electron chi connectivity index (χ0n) is 7.97. The molecule has 0 heterocycles. The van der Waals surface area contributed by atoms with Gasteiger partial charge in [-0.1, -0.05) is 6.07 Å². The van der Waals surface area contributed by atoms with Crippen molar-refractivity contribution in [2.75, 3.05) is 12.0 Å². The van der Waals surface area contributed by atoms with Crippen molar-refractivity contribution in [1.82, 2.24) is 0 Å². The van der Waals surface area contributed by atoms with E-state index in [9.17, 15) is 8.78 Å². The van der Waals surface area contributed by atoms with E-state index in [1.54, 1.807) is 11.8 Å². The highest BCUT2D eigenvalue weighted by Crippen LogP contribution is 2.14. The predicted octanol–water partition coefficient (Wildman–Crippen LogP) is 2.20. The first-order valence-electron chi connectivity index (χ1n) is 4.32. The topological polar surface area (TPSA) is 26.0 Å². The molecule has 0 aliphatic rings. The van der Waals surface area contributed by atoms with Crippen molar-refractivity contribution in [3.8, 4) is 0 Å². The summed E-state index contributed by atoms with van der Waals surface area (Å²) in [5, 5.41) is 0. The maximum Gasteiger partial charge on any atom is 0.129 e. The lowest BCUT2D eigenvalue weighted by molar-refractivity contribution is 0.543. The lowest BCUT2D eigenvalue weighted by Crippen LogP contribution is -2.26. The van der Waals surface area contributed by atoms with E-state index in [0.29, 0.717) is 5.75 Å². The summed E-state index contributed by atoms with van der Waals surface area (Å²) < 4.78 is 26.3. The number of hydrogen-bond donors (Lipinski definition) is 1. The quantitative estimate of drug-likeness (QED) is 0.836. The van der Waals surface area contributed by atoms with Crippen LogP contribution in [0.4, 0.5) is 8.78 Å². The second-order valence-electron chi connectivity index (χ2n) is 3.12. The molecule has 0 saturated carbocycles. The van der Waals surface area contributed by atoms with E-state index in [-0.39, 0.29) is 18.0 Å². The number of nitrogens with two attached hydrogens (primary N) is 1. The van der Waals surface area contributed by atoms with Gasteiger partial charge in [0.15, 0.2) is 0 Å². The van der Waals surface area contributed by atoms with Crippen LogP contribution in [0.5, 0.6) is 0 Å². The number of rotatable bonds is 4. The van der Waals surface area contributed by atoms with Crippen molar-refractivity contribution in [3.63, 3.8) is 0 Å². The summed E-state index contributed by atoms with van der Waals surface area (Å²) in [6, 6.07) is 3.67. The minimum atomic E-state index is -0.512. The molecule has 0 aromatic heterocycles. The summed E-state index contributed by atoms with van der Waals surface area (Å²) in [7, 11) is 0. The van der Waals surface area contributed by atoms with Crippen LogP contribution in [0, 0.1) is 11.6 Å². The molecule has 14 heavy (non-hydrogen) atoms. The van der Waals surface area contributed by atoms with Crippen molar-refractivity contribution in [3.05, 3.63) is 35.4 Å². The minimum absolute atomic E-state index is 0.0917. The van der Waals surface area contributed by atoms with Crippen LogP contribution in [-0.4, -0.2) is 18.1 Å². The Morgan fingerprint density at radius 2 is 1.93 bits per heavy atom. The van der Waals surface area contributed by atoms with Crippen LogP contribution in [-0.2, 0) is 6.42 Å². The third kappa shape index (κ3) is 2.96. The maximum absolute atomic E-state index is 13.1. The van der Waals surface area contributed by atoms with Crippen molar-refractivity contribution in [2.45, 2.75) is 12.5 Å². The van der Waals surface area contributed by atoms with E-state index in [0.717, 1.165) is 0 Å². The van der Waals surface area contributed by atoms with Gasteiger partial charge in [0.25, 0.3) is 0 Å². The monoisotopic (exact) mass is 217 g/mol. The smallest absolute Gasteiger partial charge is 0.129 e. The molecule has 0 spiro atoms. The van der Waals surface area contributed by atoms with Gasteiger partial charge in [-0.05, 0) is 24.8 Å². The molecule has 1 atom stereocenters. The van der Waals surface area contributed by atoms with Crippen LogP contribution in [0.2, 0.25) is 0 Å². The molecule has 1 rings (SSSR count). The highest BCUT2D eigenvalue weighted by Gasteiger charge is 2.11. The zero-order chi connectivity index (χ0) is 10.6. The molecule has 0 saturated heterocycles. The van der Waals surface area contributed by atoms with E-state index >= 15 is 0 Å². The highest BCUT2D eigenvalue weighted by atomic mass is 32.2. The Labute approximate surface area is 86.7 Å². The SMILES string of the molecule is CSCC(N)Cc1c(F)cccc1F. The summed E-state index contributed by atoms with van der Waals surface area (Å²) in [5.41, 5.74) is 5.79. The van der Waals surface area contributed by atoms with Gasteiger partial charge in [-0.2, -0.15) is 11.8 Å². The molecule has 78 valence electrons. The van der Waals surface area contributed by atoms with Crippen LogP contribution in [0.1, 0.15) is 5.56 Å². The number of hydrogen-bond acceptors (Lipinski definition) is 2. The second kappa shape index (κ2) is 5.32. The van der Waals surface area contributed by atoms with Crippen LogP contribution in [0.25, 0.3) is 0 Å². The van der Waals surface area contributed by atoms with Crippen molar-refractivity contribution >= 4 is 11.8 Å². The fourth-order valence-electron chi connectivity index (χ4n) is 1.26. The van der Waals surface area contributed by atoms with E-state index in [4.69, 9.17) is 5.73 Å². The molecule has 0 bridgehead atoms. The minimum Gasteiger partial charge on any atom is -0.327 e. The van der Waals surface area contributed by atoms with Gasteiger partial charge < -0.3 is 5.73 Å². The predicted molar refractivity (Wildman–Crippen MR) is 56.4 cm³/mol. The molecule has 0 aliphatic heterocycles. The highest BCUT2D eigenvalue weighted by molar-refractivity contribution is 7.98.